The fraction of sp³-hybridized carbons (Fsp3) is 0.400. The maximum absolute atomic E-state index is 12.6. The minimum absolute atomic E-state index is 0.0849. The van der Waals surface area contributed by atoms with Crippen LogP contribution in [0.5, 0.6) is 5.75 Å². The molecule has 0 atom stereocenters. The highest BCUT2D eigenvalue weighted by Gasteiger charge is 2.37. The molecule has 0 aliphatic heterocycles. The van der Waals surface area contributed by atoms with Crippen molar-refractivity contribution in [3.8, 4) is 5.75 Å². The lowest BCUT2D eigenvalue weighted by Gasteiger charge is -2.13. The first-order valence-corrected chi connectivity index (χ1v) is 4.56. The van der Waals surface area contributed by atoms with E-state index in [1.165, 1.54) is 6.07 Å². The SMILES string of the molecule is COC(=O)Cc1ccnc(C(F)(F)F)c1OC. The first-order chi connectivity index (χ1) is 7.90. The van der Waals surface area contributed by atoms with Gasteiger partial charge >= 0.3 is 12.1 Å². The van der Waals surface area contributed by atoms with Gasteiger partial charge in [-0.25, -0.2) is 4.98 Å². The second-order valence-electron chi connectivity index (χ2n) is 3.10. The monoisotopic (exact) mass is 249 g/mol. The van der Waals surface area contributed by atoms with Gasteiger partial charge in [0.25, 0.3) is 0 Å². The van der Waals surface area contributed by atoms with Crippen LogP contribution in [0.25, 0.3) is 0 Å². The highest BCUT2D eigenvalue weighted by atomic mass is 19.4. The average Bonchev–Trinajstić information content (AvgIpc) is 2.27. The van der Waals surface area contributed by atoms with Crippen LogP contribution in [0, 0.1) is 0 Å². The first kappa shape index (κ1) is 13.3. The van der Waals surface area contributed by atoms with E-state index >= 15 is 0 Å². The molecule has 0 spiro atoms. The molecule has 0 bridgehead atoms. The summed E-state index contributed by atoms with van der Waals surface area (Å²) in [4.78, 5) is 14.2. The van der Waals surface area contributed by atoms with Crippen LogP contribution >= 0.6 is 0 Å². The van der Waals surface area contributed by atoms with Gasteiger partial charge in [-0.15, -0.1) is 0 Å². The molecule has 0 aliphatic carbocycles. The van der Waals surface area contributed by atoms with E-state index in [1.54, 1.807) is 0 Å². The summed E-state index contributed by atoms with van der Waals surface area (Å²) >= 11 is 0. The van der Waals surface area contributed by atoms with E-state index in [0.29, 0.717) is 0 Å². The molecule has 0 radical (unpaired) electrons. The summed E-state index contributed by atoms with van der Waals surface area (Å²) in [5.74, 6) is -1.10. The molecule has 1 rings (SSSR count). The van der Waals surface area contributed by atoms with Gasteiger partial charge in [0.05, 0.1) is 20.6 Å². The maximum Gasteiger partial charge on any atom is 0.437 e. The van der Waals surface area contributed by atoms with Crippen LogP contribution in [0.15, 0.2) is 12.3 Å². The highest BCUT2D eigenvalue weighted by molar-refractivity contribution is 5.73. The molecule has 0 unspecified atom stereocenters. The molecule has 0 aromatic carbocycles. The number of halogens is 3. The highest BCUT2D eigenvalue weighted by Crippen LogP contribution is 2.36. The predicted octanol–water partition coefficient (Wildman–Crippen LogP) is 1.82. The average molecular weight is 249 g/mol. The molecular formula is C10H10F3NO3. The summed E-state index contributed by atoms with van der Waals surface area (Å²) in [6, 6.07) is 1.28. The third-order valence-corrected chi connectivity index (χ3v) is 2.02. The lowest BCUT2D eigenvalue weighted by atomic mass is 10.1. The zero-order valence-corrected chi connectivity index (χ0v) is 9.17. The van der Waals surface area contributed by atoms with Crippen molar-refractivity contribution in [3.05, 3.63) is 23.5 Å². The number of pyridine rings is 1. The largest absolute Gasteiger partial charge is 0.494 e. The van der Waals surface area contributed by atoms with Crippen molar-refractivity contribution in [2.75, 3.05) is 14.2 Å². The number of hydrogen-bond donors (Lipinski definition) is 0. The molecule has 1 aromatic rings. The van der Waals surface area contributed by atoms with Crippen LogP contribution < -0.4 is 4.74 Å². The van der Waals surface area contributed by atoms with E-state index in [1.807, 2.05) is 0 Å². The Kier molecular flexibility index (Phi) is 3.93. The number of nitrogens with zero attached hydrogens (tertiary/aromatic N) is 1. The topological polar surface area (TPSA) is 48.4 Å². The van der Waals surface area contributed by atoms with Crippen molar-refractivity contribution in [2.45, 2.75) is 12.6 Å². The van der Waals surface area contributed by atoms with Crippen molar-refractivity contribution in [3.63, 3.8) is 0 Å². The van der Waals surface area contributed by atoms with Crippen LogP contribution in [0.2, 0.25) is 0 Å². The number of aromatic nitrogens is 1. The summed E-state index contributed by atoms with van der Waals surface area (Å²) in [6.45, 7) is 0. The fourth-order valence-corrected chi connectivity index (χ4v) is 1.28. The molecule has 0 saturated carbocycles. The number of carbonyl (C=O) groups is 1. The third-order valence-electron chi connectivity index (χ3n) is 2.02. The summed E-state index contributed by atoms with van der Waals surface area (Å²) in [5.41, 5.74) is -1.07. The molecule has 0 aliphatic rings. The van der Waals surface area contributed by atoms with Gasteiger partial charge in [0.15, 0.2) is 11.4 Å². The molecule has 0 fully saturated rings. The normalized spacial score (nSPS) is 11.1. The molecular weight excluding hydrogens is 239 g/mol. The van der Waals surface area contributed by atoms with Gasteiger partial charge < -0.3 is 9.47 Å². The number of rotatable bonds is 3. The van der Waals surface area contributed by atoms with Crippen molar-refractivity contribution in [1.29, 1.82) is 0 Å². The van der Waals surface area contributed by atoms with Gasteiger partial charge in [-0.1, -0.05) is 0 Å². The molecule has 0 saturated heterocycles. The first-order valence-electron chi connectivity index (χ1n) is 4.56. The van der Waals surface area contributed by atoms with Gasteiger partial charge in [-0.3, -0.25) is 4.79 Å². The second kappa shape index (κ2) is 5.03. The van der Waals surface area contributed by atoms with Crippen molar-refractivity contribution >= 4 is 5.97 Å². The Morgan fingerprint density at radius 1 is 1.41 bits per heavy atom. The van der Waals surface area contributed by atoms with Gasteiger partial charge in [-0.2, -0.15) is 13.2 Å². The molecule has 1 aromatic heterocycles. The molecule has 0 N–H and O–H groups in total. The Balaban J connectivity index is 3.19. The minimum Gasteiger partial charge on any atom is -0.494 e. The number of alkyl halides is 3. The number of esters is 1. The van der Waals surface area contributed by atoms with Crippen molar-refractivity contribution in [2.24, 2.45) is 0 Å². The molecule has 17 heavy (non-hydrogen) atoms. The lowest BCUT2D eigenvalue weighted by molar-refractivity contribution is -0.143. The summed E-state index contributed by atoms with van der Waals surface area (Å²) in [6.07, 6.45) is -3.95. The van der Waals surface area contributed by atoms with Crippen molar-refractivity contribution in [1.82, 2.24) is 4.98 Å². The van der Waals surface area contributed by atoms with Crippen LogP contribution in [0.3, 0.4) is 0 Å². The fourth-order valence-electron chi connectivity index (χ4n) is 1.28. The van der Waals surface area contributed by atoms with Crippen LogP contribution in [-0.4, -0.2) is 25.2 Å². The standard InChI is InChI=1S/C10H10F3NO3/c1-16-7(15)5-6-3-4-14-9(8(6)17-2)10(11,12)13/h3-4H,5H2,1-2H3. The number of methoxy groups -OCH3 is 2. The molecule has 1 heterocycles. The smallest absolute Gasteiger partial charge is 0.437 e. The van der Waals surface area contributed by atoms with Crippen molar-refractivity contribution < 1.29 is 27.4 Å². The summed E-state index contributed by atoms with van der Waals surface area (Å²) < 4.78 is 46.8. The van der Waals surface area contributed by atoms with E-state index in [2.05, 4.69) is 14.5 Å². The van der Waals surface area contributed by atoms with E-state index in [-0.39, 0.29) is 12.0 Å². The molecule has 7 heteroatoms. The Labute approximate surface area is 95.4 Å². The minimum atomic E-state index is -4.63. The Morgan fingerprint density at radius 3 is 2.53 bits per heavy atom. The van der Waals surface area contributed by atoms with Crippen LogP contribution in [-0.2, 0) is 22.1 Å². The zero-order chi connectivity index (χ0) is 13.1. The van der Waals surface area contributed by atoms with E-state index < -0.39 is 23.6 Å². The lowest BCUT2D eigenvalue weighted by Crippen LogP contribution is -2.13. The van der Waals surface area contributed by atoms with Crippen LogP contribution in [0.1, 0.15) is 11.3 Å². The Bertz CT molecular complexity index is 418. The molecule has 94 valence electrons. The van der Waals surface area contributed by atoms with Gasteiger partial charge in [0.1, 0.15) is 0 Å². The third kappa shape index (κ3) is 3.08. The number of ether oxygens (including phenoxy) is 2. The number of carbonyl (C=O) groups excluding carboxylic acids is 1. The second-order valence-corrected chi connectivity index (χ2v) is 3.10. The van der Waals surface area contributed by atoms with Gasteiger partial charge in [-0.05, 0) is 6.07 Å². The number of hydrogen-bond acceptors (Lipinski definition) is 4. The zero-order valence-electron chi connectivity index (χ0n) is 9.17. The summed E-state index contributed by atoms with van der Waals surface area (Å²) in [7, 11) is 2.24. The Morgan fingerprint density at radius 2 is 2.06 bits per heavy atom. The maximum atomic E-state index is 12.6. The predicted molar refractivity (Wildman–Crippen MR) is 51.5 cm³/mol. The van der Waals surface area contributed by atoms with Gasteiger partial charge in [0.2, 0.25) is 0 Å². The Hall–Kier alpha value is -1.79. The van der Waals surface area contributed by atoms with E-state index in [4.69, 9.17) is 0 Å². The van der Waals surface area contributed by atoms with Crippen LogP contribution in [0.4, 0.5) is 13.2 Å². The van der Waals surface area contributed by atoms with E-state index in [9.17, 15) is 18.0 Å². The molecule has 0 amide bonds. The van der Waals surface area contributed by atoms with Gasteiger partial charge in [0, 0.05) is 11.8 Å². The summed E-state index contributed by atoms with van der Waals surface area (Å²) in [5, 5.41) is 0. The molecule has 4 nitrogen and oxygen atoms in total. The van der Waals surface area contributed by atoms with E-state index in [0.717, 1.165) is 20.4 Å². The quantitative estimate of drug-likeness (QED) is 0.767.